The Morgan fingerprint density at radius 2 is 1.85 bits per heavy atom. The van der Waals surface area contributed by atoms with Gasteiger partial charge >= 0.3 is 0 Å². The molecule has 174 valence electrons. The third kappa shape index (κ3) is 4.56. The summed E-state index contributed by atoms with van der Waals surface area (Å²) in [6, 6.07) is 7.72. The van der Waals surface area contributed by atoms with Crippen LogP contribution in [-0.4, -0.2) is 31.3 Å². The SMILES string of the molecule is CCOc1cc(F)c(Cn2nc(-c3nccc(Nc4ccncc4)n3)c(Cl)c2C2CC2)c(F)c1. The highest BCUT2D eigenvalue weighted by Crippen LogP contribution is 2.46. The molecule has 1 aliphatic carbocycles. The summed E-state index contributed by atoms with van der Waals surface area (Å²) in [4.78, 5) is 12.9. The van der Waals surface area contributed by atoms with E-state index < -0.39 is 11.6 Å². The monoisotopic (exact) mass is 482 g/mol. The second kappa shape index (κ2) is 9.34. The van der Waals surface area contributed by atoms with Crippen LogP contribution in [0.25, 0.3) is 11.5 Å². The van der Waals surface area contributed by atoms with Crippen molar-refractivity contribution >= 4 is 23.1 Å². The number of aromatic nitrogens is 5. The maximum atomic E-state index is 14.7. The fourth-order valence-electron chi connectivity index (χ4n) is 3.72. The van der Waals surface area contributed by atoms with Crippen molar-refractivity contribution in [3.05, 3.63) is 76.8 Å². The Morgan fingerprint density at radius 3 is 2.53 bits per heavy atom. The van der Waals surface area contributed by atoms with Gasteiger partial charge in [-0.15, -0.1) is 0 Å². The highest BCUT2D eigenvalue weighted by Gasteiger charge is 2.33. The summed E-state index contributed by atoms with van der Waals surface area (Å²) in [6.07, 6.45) is 6.81. The van der Waals surface area contributed by atoms with Gasteiger partial charge in [0.25, 0.3) is 0 Å². The molecular weight excluding hydrogens is 462 g/mol. The lowest BCUT2D eigenvalue weighted by Gasteiger charge is -2.11. The second-order valence-corrected chi connectivity index (χ2v) is 8.28. The molecule has 3 heterocycles. The molecule has 1 aromatic carbocycles. The molecule has 0 aliphatic heterocycles. The molecular formula is C24H21ClF2N6O. The van der Waals surface area contributed by atoms with Crippen molar-refractivity contribution in [2.75, 3.05) is 11.9 Å². The lowest BCUT2D eigenvalue weighted by molar-refractivity contribution is 0.335. The number of hydrogen-bond acceptors (Lipinski definition) is 6. The molecule has 0 amide bonds. The first-order valence-corrected chi connectivity index (χ1v) is 11.3. The van der Waals surface area contributed by atoms with Gasteiger partial charge in [0.1, 0.15) is 28.9 Å². The summed E-state index contributed by atoms with van der Waals surface area (Å²) < 4.78 is 36.2. The minimum Gasteiger partial charge on any atom is -0.494 e. The number of rotatable bonds is 8. The average Bonchev–Trinajstić information content (AvgIpc) is 3.60. The molecule has 0 radical (unpaired) electrons. The van der Waals surface area contributed by atoms with Gasteiger partial charge in [-0.3, -0.25) is 9.67 Å². The molecule has 1 N–H and O–H groups in total. The molecule has 7 nitrogen and oxygen atoms in total. The Bertz CT molecular complexity index is 1300. The molecule has 1 fully saturated rings. The van der Waals surface area contributed by atoms with Crippen molar-refractivity contribution in [3.8, 4) is 17.3 Å². The van der Waals surface area contributed by atoms with E-state index in [0.29, 0.717) is 29.0 Å². The van der Waals surface area contributed by atoms with E-state index in [9.17, 15) is 8.78 Å². The summed E-state index contributed by atoms with van der Waals surface area (Å²) in [7, 11) is 0. The van der Waals surface area contributed by atoms with Gasteiger partial charge in [0.2, 0.25) is 0 Å². The van der Waals surface area contributed by atoms with Crippen LogP contribution in [0.5, 0.6) is 5.75 Å². The maximum absolute atomic E-state index is 14.7. The van der Waals surface area contributed by atoms with Crippen LogP contribution in [0.4, 0.5) is 20.3 Å². The maximum Gasteiger partial charge on any atom is 0.183 e. The predicted octanol–water partition coefficient (Wildman–Crippen LogP) is 5.73. The number of anilines is 2. The van der Waals surface area contributed by atoms with E-state index in [4.69, 9.17) is 16.3 Å². The van der Waals surface area contributed by atoms with Crippen LogP contribution < -0.4 is 10.1 Å². The zero-order valence-electron chi connectivity index (χ0n) is 18.3. The molecule has 3 aromatic heterocycles. The molecule has 4 aromatic rings. The number of ether oxygens (including phenoxy) is 1. The predicted molar refractivity (Wildman–Crippen MR) is 124 cm³/mol. The molecule has 0 bridgehead atoms. The van der Waals surface area contributed by atoms with E-state index in [2.05, 4.69) is 25.4 Å². The first-order valence-electron chi connectivity index (χ1n) is 10.9. The minimum absolute atomic E-state index is 0.106. The van der Waals surface area contributed by atoms with Crippen LogP contribution in [-0.2, 0) is 6.54 Å². The number of benzene rings is 1. The number of nitrogens with one attached hydrogen (secondary N) is 1. The largest absolute Gasteiger partial charge is 0.494 e. The van der Waals surface area contributed by atoms with Crippen LogP contribution in [0, 0.1) is 11.6 Å². The van der Waals surface area contributed by atoms with E-state index in [1.54, 1.807) is 36.3 Å². The van der Waals surface area contributed by atoms with E-state index in [1.165, 1.54) is 12.1 Å². The third-order valence-corrected chi connectivity index (χ3v) is 5.82. The van der Waals surface area contributed by atoms with Crippen molar-refractivity contribution in [3.63, 3.8) is 0 Å². The van der Waals surface area contributed by atoms with Gasteiger partial charge in [-0.1, -0.05) is 11.6 Å². The first kappa shape index (κ1) is 22.2. The van der Waals surface area contributed by atoms with Gasteiger partial charge in [0, 0.05) is 47.9 Å². The molecule has 34 heavy (non-hydrogen) atoms. The Kier molecular flexibility index (Phi) is 6.10. The molecule has 10 heteroatoms. The fourth-order valence-corrected chi connectivity index (χ4v) is 4.09. The summed E-state index contributed by atoms with van der Waals surface area (Å²) in [5.41, 5.74) is 1.82. The number of pyridine rings is 1. The van der Waals surface area contributed by atoms with Crippen molar-refractivity contribution < 1.29 is 13.5 Å². The molecule has 0 unspecified atom stereocenters. The van der Waals surface area contributed by atoms with Gasteiger partial charge in [-0.05, 0) is 38.0 Å². The molecule has 0 atom stereocenters. The summed E-state index contributed by atoms with van der Waals surface area (Å²) in [6.45, 7) is 1.96. The normalized spacial score (nSPS) is 13.2. The van der Waals surface area contributed by atoms with Crippen molar-refractivity contribution in [1.29, 1.82) is 0 Å². The minimum atomic E-state index is -0.696. The molecule has 0 saturated heterocycles. The van der Waals surface area contributed by atoms with Crippen LogP contribution in [0.15, 0.2) is 48.9 Å². The average molecular weight is 483 g/mol. The Labute approximate surface area is 199 Å². The Morgan fingerprint density at radius 1 is 1.12 bits per heavy atom. The lowest BCUT2D eigenvalue weighted by Crippen LogP contribution is -2.10. The highest BCUT2D eigenvalue weighted by atomic mass is 35.5. The number of halogens is 3. The molecule has 5 rings (SSSR count). The van der Waals surface area contributed by atoms with Crippen LogP contribution in [0.1, 0.15) is 36.9 Å². The topological polar surface area (TPSA) is 77.8 Å². The quantitative estimate of drug-likeness (QED) is 0.345. The Hall–Kier alpha value is -3.59. The summed E-state index contributed by atoms with van der Waals surface area (Å²) >= 11 is 6.72. The van der Waals surface area contributed by atoms with Crippen LogP contribution >= 0.6 is 11.6 Å². The number of hydrogen-bond donors (Lipinski definition) is 1. The molecule has 0 spiro atoms. The zero-order valence-corrected chi connectivity index (χ0v) is 19.1. The van der Waals surface area contributed by atoms with Gasteiger partial charge in [-0.2, -0.15) is 5.10 Å². The second-order valence-electron chi connectivity index (χ2n) is 7.90. The summed E-state index contributed by atoms with van der Waals surface area (Å²) in [5, 5.41) is 8.16. The van der Waals surface area contributed by atoms with Crippen molar-refractivity contribution in [2.45, 2.75) is 32.2 Å². The highest BCUT2D eigenvalue weighted by molar-refractivity contribution is 6.33. The van der Waals surface area contributed by atoms with Crippen molar-refractivity contribution in [1.82, 2.24) is 24.7 Å². The zero-order chi connectivity index (χ0) is 23.7. The van der Waals surface area contributed by atoms with Crippen molar-refractivity contribution in [2.24, 2.45) is 0 Å². The van der Waals surface area contributed by atoms with Gasteiger partial charge in [-0.25, -0.2) is 18.7 Å². The summed E-state index contributed by atoms with van der Waals surface area (Å²) in [5.74, 6) is -0.192. The van der Waals surface area contributed by atoms with Gasteiger partial charge in [0.05, 0.1) is 23.9 Å². The first-order chi connectivity index (χ1) is 16.5. The van der Waals surface area contributed by atoms with Crippen LogP contribution in [0.3, 0.4) is 0 Å². The van der Waals surface area contributed by atoms with Crippen LogP contribution in [0.2, 0.25) is 5.02 Å². The standard InChI is InChI=1S/C24H21ClF2N6O/c1-2-34-16-11-18(26)17(19(27)12-16)13-33-23(14-3-4-14)21(25)22(32-33)24-29-10-7-20(31-24)30-15-5-8-28-9-6-15/h5-12,14H,2-4,13H2,1H3,(H,28,29,30,31). The van der Waals surface area contributed by atoms with Gasteiger partial charge in [0.15, 0.2) is 5.82 Å². The molecule has 1 saturated carbocycles. The fraction of sp³-hybridized carbons (Fsp3) is 0.250. The van der Waals surface area contributed by atoms with E-state index in [-0.39, 0.29) is 23.8 Å². The van der Waals surface area contributed by atoms with E-state index >= 15 is 0 Å². The lowest BCUT2D eigenvalue weighted by atomic mass is 10.1. The molecule has 1 aliphatic rings. The number of nitrogens with zero attached hydrogens (tertiary/aromatic N) is 5. The van der Waals surface area contributed by atoms with E-state index in [1.807, 2.05) is 12.1 Å². The smallest absolute Gasteiger partial charge is 0.183 e. The van der Waals surface area contributed by atoms with E-state index in [0.717, 1.165) is 24.2 Å². The third-order valence-electron chi connectivity index (χ3n) is 5.45. The Balaban J connectivity index is 1.49. The van der Waals surface area contributed by atoms with Gasteiger partial charge < -0.3 is 10.1 Å².